The molecule has 8 nitrogen and oxygen atoms in total. The third-order valence-electron chi connectivity index (χ3n) is 6.70. The van der Waals surface area contributed by atoms with E-state index in [2.05, 4.69) is 22.3 Å². The summed E-state index contributed by atoms with van der Waals surface area (Å²) < 4.78 is 25.6. The molecule has 0 bridgehead atoms. The third-order valence-corrected chi connectivity index (χ3v) is 8.58. The Labute approximate surface area is 178 Å². The van der Waals surface area contributed by atoms with Crippen molar-refractivity contribution >= 4 is 22.0 Å². The Morgan fingerprint density at radius 2 is 1.67 bits per heavy atom. The van der Waals surface area contributed by atoms with Crippen LogP contribution in [0, 0.1) is 0 Å². The summed E-state index contributed by atoms with van der Waals surface area (Å²) in [7, 11) is -3.23. The zero-order chi connectivity index (χ0) is 21.4. The monoisotopic (exact) mass is 434 g/mol. The first-order valence-electron chi connectivity index (χ1n) is 10.7. The number of piperidine rings is 2. The zero-order valence-corrected chi connectivity index (χ0v) is 18.2. The lowest BCUT2D eigenvalue weighted by atomic mass is 9.87. The Balaban J connectivity index is 1.37. The molecule has 4 rings (SSSR count). The molecule has 1 aromatic rings. The fraction of sp³-hybridized carbons (Fsp3) is 0.619. The molecule has 3 fully saturated rings. The topological polar surface area (TPSA) is 90.0 Å². The van der Waals surface area contributed by atoms with Crippen LogP contribution in [0.1, 0.15) is 38.2 Å². The van der Waals surface area contributed by atoms with E-state index in [1.165, 1.54) is 14.8 Å². The van der Waals surface area contributed by atoms with Crippen molar-refractivity contribution in [2.45, 2.75) is 50.7 Å². The molecule has 3 amide bonds. The quantitative estimate of drug-likeness (QED) is 0.708. The normalized spacial score (nSPS) is 23.8. The van der Waals surface area contributed by atoms with Crippen LogP contribution in [0.15, 0.2) is 30.3 Å². The van der Waals surface area contributed by atoms with Gasteiger partial charge in [0, 0.05) is 38.8 Å². The first kappa shape index (κ1) is 21.3. The van der Waals surface area contributed by atoms with Crippen molar-refractivity contribution in [3.8, 4) is 0 Å². The molecule has 3 aliphatic heterocycles. The van der Waals surface area contributed by atoms with Gasteiger partial charge in [0.25, 0.3) is 5.91 Å². The molecule has 0 saturated carbocycles. The minimum atomic E-state index is -3.23. The minimum absolute atomic E-state index is 0.0728. The summed E-state index contributed by atoms with van der Waals surface area (Å²) in [5, 5.41) is 2.98. The maximum atomic E-state index is 13.3. The number of amides is 3. The van der Waals surface area contributed by atoms with Crippen LogP contribution in [0.3, 0.4) is 0 Å². The van der Waals surface area contributed by atoms with Crippen molar-refractivity contribution in [3.05, 3.63) is 35.9 Å². The van der Waals surface area contributed by atoms with Gasteiger partial charge in [0.05, 0.1) is 5.75 Å². The van der Waals surface area contributed by atoms with Gasteiger partial charge in [-0.2, -0.15) is 0 Å². The average Bonchev–Trinajstić information content (AvgIpc) is 3.00. The molecule has 0 aliphatic carbocycles. The molecule has 3 aliphatic rings. The predicted molar refractivity (Wildman–Crippen MR) is 113 cm³/mol. The second-order valence-electron chi connectivity index (χ2n) is 8.48. The summed E-state index contributed by atoms with van der Waals surface area (Å²) in [6.45, 7) is 4.69. The van der Waals surface area contributed by atoms with Gasteiger partial charge in [-0.3, -0.25) is 14.6 Å². The van der Waals surface area contributed by atoms with Crippen LogP contribution >= 0.6 is 0 Å². The molecule has 0 atom stereocenters. The number of nitrogens with one attached hydrogen (secondary N) is 1. The van der Waals surface area contributed by atoms with Crippen molar-refractivity contribution in [2.24, 2.45) is 0 Å². The van der Waals surface area contributed by atoms with Crippen molar-refractivity contribution in [1.82, 2.24) is 19.4 Å². The van der Waals surface area contributed by atoms with Crippen molar-refractivity contribution in [1.29, 1.82) is 0 Å². The van der Waals surface area contributed by atoms with Crippen molar-refractivity contribution in [3.63, 3.8) is 0 Å². The fourth-order valence-corrected chi connectivity index (χ4v) is 5.94. The standard InChI is InChI=1S/C21H30N4O4S/c1-2-30(28,29)24-12-8-18(9-13-24)25-19(26)21(22-20(25)27)10-14-23(15-11-21)16-17-6-4-3-5-7-17/h3-7,18H,2,8-16H2,1H3,(H,22,27). The number of carbonyl (C=O) groups excluding carboxylic acids is 2. The molecule has 1 N–H and O–H groups in total. The van der Waals surface area contributed by atoms with E-state index in [4.69, 9.17) is 0 Å². The van der Waals surface area contributed by atoms with E-state index in [0.717, 1.165) is 19.6 Å². The molecular formula is C21H30N4O4S. The number of likely N-dealkylation sites (tertiary alicyclic amines) is 1. The highest BCUT2D eigenvalue weighted by atomic mass is 32.2. The number of rotatable bonds is 5. The first-order valence-corrected chi connectivity index (χ1v) is 12.4. The molecular weight excluding hydrogens is 404 g/mol. The Morgan fingerprint density at radius 3 is 2.27 bits per heavy atom. The number of benzene rings is 1. The van der Waals surface area contributed by atoms with Crippen molar-refractivity contribution in [2.75, 3.05) is 31.9 Å². The van der Waals surface area contributed by atoms with E-state index in [0.29, 0.717) is 38.8 Å². The van der Waals surface area contributed by atoms with Gasteiger partial charge in [-0.1, -0.05) is 30.3 Å². The lowest BCUT2D eigenvalue weighted by molar-refractivity contribution is -0.135. The van der Waals surface area contributed by atoms with Crippen LogP contribution in [0.5, 0.6) is 0 Å². The van der Waals surface area contributed by atoms with Crippen LogP contribution in [-0.4, -0.2) is 78.0 Å². The number of sulfonamides is 1. The van der Waals surface area contributed by atoms with Crippen LogP contribution in [0.25, 0.3) is 0 Å². The van der Waals surface area contributed by atoms with Gasteiger partial charge in [0.15, 0.2) is 0 Å². The highest BCUT2D eigenvalue weighted by Gasteiger charge is 2.54. The minimum Gasteiger partial charge on any atom is -0.323 e. The van der Waals surface area contributed by atoms with E-state index in [1.54, 1.807) is 6.92 Å². The molecule has 3 saturated heterocycles. The van der Waals surface area contributed by atoms with Crippen LogP contribution in [-0.2, 0) is 21.4 Å². The lowest BCUT2D eigenvalue weighted by Gasteiger charge is -2.38. The second kappa shape index (κ2) is 8.28. The van der Waals surface area contributed by atoms with Crippen LogP contribution in [0.2, 0.25) is 0 Å². The number of urea groups is 1. The lowest BCUT2D eigenvalue weighted by Crippen LogP contribution is -2.55. The summed E-state index contributed by atoms with van der Waals surface area (Å²) in [5.74, 6) is -0.0627. The SMILES string of the molecule is CCS(=O)(=O)N1CCC(N2C(=O)NC3(CCN(Cc4ccccc4)CC3)C2=O)CC1. The molecule has 9 heteroatoms. The van der Waals surface area contributed by atoms with E-state index in [-0.39, 0.29) is 23.7 Å². The maximum Gasteiger partial charge on any atom is 0.325 e. The molecule has 0 unspecified atom stereocenters. The number of hydrogen-bond acceptors (Lipinski definition) is 5. The average molecular weight is 435 g/mol. The smallest absolute Gasteiger partial charge is 0.323 e. The summed E-state index contributed by atoms with van der Waals surface area (Å²) in [6, 6.07) is 9.68. The van der Waals surface area contributed by atoms with Gasteiger partial charge in [-0.25, -0.2) is 17.5 Å². The van der Waals surface area contributed by atoms with Gasteiger partial charge < -0.3 is 5.32 Å². The van der Waals surface area contributed by atoms with Gasteiger partial charge in [-0.15, -0.1) is 0 Å². The zero-order valence-electron chi connectivity index (χ0n) is 17.4. The number of hydrogen-bond donors (Lipinski definition) is 1. The molecule has 1 spiro atoms. The largest absolute Gasteiger partial charge is 0.325 e. The molecule has 0 radical (unpaired) electrons. The number of imide groups is 1. The van der Waals surface area contributed by atoms with E-state index in [9.17, 15) is 18.0 Å². The summed E-state index contributed by atoms with van der Waals surface area (Å²) in [6.07, 6.45) is 2.19. The molecule has 30 heavy (non-hydrogen) atoms. The van der Waals surface area contributed by atoms with Gasteiger partial charge in [0.1, 0.15) is 5.54 Å². The second-order valence-corrected chi connectivity index (χ2v) is 10.7. The van der Waals surface area contributed by atoms with E-state index < -0.39 is 15.6 Å². The number of nitrogens with zero attached hydrogens (tertiary/aromatic N) is 3. The molecule has 0 aromatic heterocycles. The maximum absolute atomic E-state index is 13.3. The van der Waals surface area contributed by atoms with E-state index >= 15 is 0 Å². The number of carbonyl (C=O) groups is 2. The molecule has 1 aromatic carbocycles. The Kier molecular flexibility index (Phi) is 5.87. The third kappa shape index (κ3) is 3.98. The van der Waals surface area contributed by atoms with Gasteiger partial charge >= 0.3 is 6.03 Å². The van der Waals surface area contributed by atoms with Gasteiger partial charge in [0.2, 0.25) is 10.0 Å². The molecule has 164 valence electrons. The summed E-state index contributed by atoms with van der Waals surface area (Å²) in [5.41, 5.74) is 0.433. The highest BCUT2D eigenvalue weighted by molar-refractivity contribution is 7.89. The Hall–Kier alpha value is -1.97. The van der Waals surface area contributed by atoms with Gasteiger partial charge in [-0.05, 0) is 38.2 Å². The Morgan fingerprint density at radius 1 is 1.03 bits per heavy atom. The summed E-state index contributed by atoms with van der Waals surface area (Å²) >= 11 is 0. The Bertz CT molecular complexity index is 889. The van der Waals surface area contributed by atoms with Crippen LogP contribution < -0.4 is 5.32 Å². The van der Waals surface area contributed by atoms with E-state index in [1.807, 2.05) is 18.2 Å². The van der Waals surface area contributed by atoms with Crippen LogP contribution in [0.4, 0.5) is 4.79 Å². The predicted octanol–water partition coefficient (Wildman–Crippen LogP) is 1.39. The highest BCUT2D eigenvalue weighted by Crippen LogP contribution is 2.33. The summed E-state index contributed by atoms with van der Waals surface area (Å²) in [4.78, 5) is 29.7. The fourth-order valence-electron chi connectivity index (χ4n) is 4.81. The van der Waals surface area contributed by atoms with Crippen molar-refractivity contribution < 1.29 is 18.0 Å². The first-order chi connectivity index (χ1) is 14.3. The molecule has 3 heterocycles.